The Morgan fingerprint density at radius 1 is 1.48 bits per heavy atom. The molecule has 0 saturated heterocycles. The van der Waals surface area contributed by atoms with E-state index in [4.69, 9.17) is 0 Å². The first kappa shape index (κ1) is 15.8. The second kappa shape index (κ2) is 6.59. The van der Waals surface area contributed by atoms with Gasteiger partial charge in [0.15, 0.2) is 10.6 Å². The maximum atomic E-state index is 12.0. The zero-order valence-corrected chi connectivity index (χ0v) is 14.4. The number of aromatic nitrogens is 3. The first-order valence-corrected chi connectivity index (χ1v) is 9.01. The lowest BCUT2D eigenvalue weighted by molar-refractivity contribution is -0.117. The summed E-state index contributed by atoms with van der Waals surface area (Å²) in [5.74, 6) is 0.233. The third kappa shape index (κ3) is 3.32. The lowest BCUT2D eigenvalue weighted by atomic mass is 10.1. The Kier molecular flexibility index (Phi) is 4.53. The fraction of sp³-hybridized carbons (Fsp3) is 0.333. The summed E-state index contributed by atoms with van der Waals surface area (Å²) in [6.45, 7) is 4.08. The number of thiophene rings is 1. The number of hydrogen-bond donors (Lipinski definition) is 2. The van der Waals surface area contributed by atoms with Gasteiger partial charge in [0.2, 0.25) is 5.91 Å². The largest absolute Gasteiger partial charge is 0.302 e. The molecule has 0 aliphatic rings. The molecule has 3 rings (SSSR count). The molecule has 0 aliphatic carbocycles. The first-order valence-electron chi connectivity index (χ1n) is 7.31. The summed E-state index contributed by atoms with van der Waals surface area (Å²) in [7, 11) is 0. The molecule has 0 aliphatic heterocycles. The Bertz CT molecular complexity index is 883. The quantitative estimate of drug-likeness (QED) is 0.739. The van der Waals surface area contributed by atoms with E-state index in [9.17, 15) is 9.59 Å². The Morgan fingerprint density at radius 3 is 3.00 bits per heavy atom. The normalized spacial score (nSPS) is 12.4. The average Bonchev–Trinajstić information content (AvgIpc) is 3.17. The molecule has 3 heterocycles. The number of nitrogens with zero attached hydrogens (tertiary/aromatic N) is 2. The van der Waals surface area contributed by atoms with Crippen LogP contribution in [0.3, 0.4) is 0 Å². The standard InChI is InChI=1S/C15H16N4O2S2/c1-3-8(2)7-10(20)16-15-17-12-13(23-15)11(18-19-14(12)21)9-5-4-6-22-9/h4-6,8H,3,7H2,1-2H3,(H,19,21)(H,16,17,20). The molecule has 1 unspecified atom stereocenters. The predicted octanol–water partition coefficient (Wildman–Crippen LogP) is 3.48. The molecule has 0 spiro atoms. The fourth-order valence-corrected chi connectivity index (χ4v) is 3.88. The van der Waals surface area contributed by atoms with Crippen LogP contribution in [0.2, 0.25) is 0 Å². The Labute approximate surface area is 140 Å². The van der Waals surface area contributed by atoms with Crippen molar-refractivity contribution < 1.29 is 4.79 Å². The van der Waals surface area contributed by atoms with Gasteiger partial charge >= 0.3 is 0 Å². The van der Waals surface area contributed by atoms with E-state index in [2.05, 4.69) is 20.5 Å². The summed E-state index contributed by atoms with van der Waals surface area (Å²) < 4.78 is 0.690. The lowest BCUT2D eigenvalue weighted by Gasteiger charge is -2.06. The van der Waals surface area contributed by atoms with Crippen LogP contribution in [0, 0.1) is 5.92 Å². The third-order valence-corrected chi connectivity index (χ3v) is 5.41. The Morgan fingerprint density at radius 2 is 2.30 bits per heavy atom. The minimum absolute atomic E-state index is 0.0829. The van der Waals surface area contributed by atoms with Crippen LogP contribution in [0.15, 0.2) is 22.3 Å². The molecule has 0 fully saturated rings. The number of nitrogens with one attached hydrogen (secondary N) is 2. The molecule has 2 N–H and O–H groups in total. The number of H-pyrrole nitrogens is 1. The van der Waals surface area contributed by atoms with Crippen molar-refractivity contribution in [2.45, 2.75) is 26.7 Å². The molecule has 23 heavy (non-hydrogen) atoms. The first-order chi connectivity index (χ1) is 11.1. The summed E-state index contributed by atoms with van der Waals surface area (Å²) in [6, 6.07) is 3.86. The molecule has 1 atom stereocenters. The molecule has 0 bridgehead atoms. The summed E-state index contributed by atoms with van der Waals surface area (Å²) in [6.07, 6.45) is 1.39. The minimum Gasteiger partial charge on any atom is -0.302 e. The molecule has 120 valence electrons. The van der Waals surface area contributed by atoms with Gasteiger partial charge in [-0.3, -0.25) is 9.59 Å². The van der Waals surface area contributed by atoms with Gasteiger partial charge in [-0.05, 0) is 17.4 Å². The lowest BCUT2D eigenvalue weighted by Crippen LogP contribution is -2.14. The molecular formula is C15H16N4O2S2. The van der Waals surface area contributed by atoms with Crippen LogP contribution in [0.5, 0.6) is 0 Å². The van der Waals surface area contributed by atoms with Gasteiger partial charge in [0.05, 0.1) is 9.58 Å². The fourth-order valence-electron chi connectivity index (χ4n) is 2.11. The Hall–Kier alpha value is -2.06. The highest BCUT2D eigenvalue weighted by atomic mass is 32.1. The zero-order chi connectivity index (χ0) is 16.4. The number of amides is 1. The minimum atomic E-state index is -0.348. The van der Waals surface area contributed by atoms with Crippen molar-refractivity contribution in [3.8, 4) is 10.6 Å². The monoisotopic (exact) mass is 348 g/mol. The summed E-state index contributed by atoms with van der Waals surface area (Å²) >= 11 is 2.82. The van der Waals surface area contributed by atoms with E-state index < -0.39 is 0 Å². The highest BCUT2D eigenvalue weighted by molar-refractivity contribution is 7.23. The second-order valence-corrected chi connectivity index (χ2v) is 7.29. The van der Waals surface area contributed by atoms with Crippen LogP contribution < -0.4 is 10.9 Å². The van der Waals surface area contributed by atoms with Crippen LogP contribution in [-0.4, -0.2) is 21.1 Å². The molecule has 0 aromatic carbocycles. The van der Waals surface area contributed by atoms with Crippen molar-refractivity contribution in [2.75, 3.05) is 5.32 Å². The predicted molar refractivity (Wildman–Crippen MR) is 94.1 cm³/mol. The van der Waals surface area contributed by atoms with Crippen molar-refractivity contribution in [2.24, 2.45) is 5.92 Å². The molecule has 3 aromatic rings. The van der Waals surface area contributed by atoms with Gasteiger partial charge in [0, 0.05) is 6.42 Å². The van der Waals surface area contributed by atoms with Crippen LogP contribution in [-0.2, 0) is 4.79 Å². The second-order valence-electron chi connectivity index (χ2n) is 5.34. The van der Waals surface area contributed by atoms with E-state index in [1.807, 2.05) is 31.4 Å². The topological polar surface area (TPSA) is 87.7 Å². The molecule has 6 nitrogen and oxygen atoms in total. The van der Waals surface area contributed by atoms with E-state index >= 15 is 0 Å². The summed E-state index contributed by atoms with van der Waals surface area (Å²) in [5, 5.41) is 11.8. The molecule has 8 heteroatoms. The van der Waals surface area contributed by atoms with E-state index in [-0.39, 0.29) is 11.5 Å². The van der Waals surface area contributed by atoms with Crippen molar-refractivity contribution in [1.29, 1.82) is 0 Å². The molecule has 0 saturated carbocycles. The van der Waals surface area contributed by atoms with E-state index in [0.717, 1.165) is 11.3 Å². The van der Waals surface area contributed by atoms with Crippen molar-refractivity contribution in [3.05, 3.63) is 27.9 Å². The molecule has 1 amide bonds. The van der Waals surface area contributed by atoms with Crippen molar-refractivity contribution >= 4 is 43.9 Å². The maximum absolute atomic E-state index is 12.0. The van der Waals surface area contributed by atoms with Gasteiger partial charge in [-0.1, -0.05) is 37.7 Å². The van der Waals surface area contributed by atoms with Gasteiger partial charge in [-0.25, -0.2) is 10.1 Å². The van der Waals surface area contributed by atoms with Crippen molar-refractivity contribution in [3.63, 3.8) is 0 Å². The number of anilines is 1. The number of carbonyl (C=O) groups is 1. The van der Waals surface area contributed by atoms with Gasteiger partial charge in [-0.15, -0.1) is 11.3 Å². The van der Waals surface area contributed by atoms with E-state index in [1.54, 1.807) is 0 Å². The number of carbonyl (C=O) groups excluding carboxylic acids is 1. The number of fused-ring (bicyclic) bond motifs is 1. The van der Waals surface area contributed by atoms with Crippen LogP contribution in [0.1, 0.15) is 26.7 Å². The van der Waals surface area contributed by atoms with Crippen LogP contribution in [0.25, 0.3) is 20.8 Å². The van der Waals surface area contributed by atoms with E-state index in [0.29, 0.717) is 33.4 Å². The highest BCUT2D eigenvalue weighted by Gasteiger charge is 2.17. The zero-order valence-electron chi connectivity index (χ0n) is 12.8. The number of rotatable bonds is 5. The maximum Gasteiger partial charge on any atom is 0.291 e. The highest BCUT2D eigenvalue weighted by Crippen LogP contribution is 2.33. The average molecular weight is 348 g/mol. The third-order valence-electron chi connectivity index (χ3n) is 3.56. The van der Waals surface area contributed by atoms with Gasteiger partial charge in [0.1, 0.15) is 5.69 Å². The van der Waals surface area contributed by atoms with Gasteiger partial charge < -0.3 is 5.32 Å². The smallest absolute Gasteiger partial charge is 0.291 e. The number of thiazole rings is 1. The number of aromatic amines is 1. The van der Waals surface area contributed by atoms with Gasteiger partial charge in [0.25, 0.3) is 5.56 Å². The van der Waals surface area contributed by atoms with Crippen LogP contribution >= 0.6 is 22.7 Å². The Balaban J connectivity index is 1.95. The molecule has 3 aromatic heterocycles. The SMILES string of the molecule is CCC(C)CC(=O)Nc1nc2c(=O)[nH]nc(-c3cccs3)c2s1. The molecular weight excluding hydrogens is 332 g/mol. The van der Waals surface area contributed by atoms with Gasteiger partial charge in [-0.2, -0.15) is 5.10 Å². The van der Waals surface area contributed by atoms with E-state index in [1.165, 1.54) is 22.7 Å². The summed E-state index contributed by atoms with van der Waals surface area (Å²) in [5.41, 5.74) is 0.653. The van der Waals surface area contributed by atoms with Crippen molar-refractivity contribution in [1.82, 2.24) is 15.2 Å². The van der Waals surface area contributed by atoms with Crippen LogP contribution in [0.4, 0.5) is 5.13 Å². The molecule has 0 radical (unpaired) electrons. The number of hydrogen-bond acceptors (Lipinski definition) is 6. The summed E-state index contributed by atoms with van der Waals surface area (Å²) in [4.78, 5) is 29.2.